The molecule has 174 valence electrons. The molecule has 33 heavy (non-hydrogen) atoms. The fourth-order valence-corrected chi connectivity index (χ4v) is 4.96. The Kier molecular flexibility index (Phi) is 5.56. The van der Waals surface area contributed by atoms with Crippen LogP contribution >= 0.6 is 0 Å². The molecule has 0 spiro atoms. The van der Waals surface area contributed by atoms with Crippen LogP contribution in [0.3, 0.4) is 0 Å². The second-order valence-corrected chi connectivity index (χ2v) is 8.56. The summed E-state index contributed by atoms with van der Waals surface area (Å²) in [6.45, 7) is 0.754. The van der Waals surface area contributed by atoms with Crippen molar-refractivity contribution in [1.29, 1.82) is 0 Å². The summed E-state index contributed by atoms with van der Waals surface area (Å²) in [5.41, 5.74) is -0.831. The Labute approximate surface area is 188 Å². The van der Waals surface area contributed by atoms with Gasteiger partial charge in [0.25, 0.3) is 0 Å². The number of hydrogen-bond donors (Lipinski definition) is 0. The van der Waals surface area contributed by atoms with Gasteiger partial charge in [0.1, 0.15) is 23.8 Å². The molecule has 0 unspecified atom stereocenters. The zero-order valence-electron chi connectivity index (χ0n) is 18.2. The second-order valence-electron chi connectivity index (χ2n) is 8.56. The van der Waals surface area contributed by atoms with E-state index in [-0.39, 0.29) is 22.3 Å². The fourth-order valence-electron chi connectivity index (χ4n) is 4.96. The standard InChI is InChI=1S/C25H24F3NO4/c1-31-19-10-6-5-9-16(19)21-22(30)17-11-12-20-18(23(17)33-24(21)25(26,27)28)13-29(14-32-20)15-7-3-2-4-8-15/h5-6,9-12,15H,2-4,7-8,13-14H2,1H3. The molecule has 0 saturated heterocycles. The van der Waals surface area contributed by atoms with Crippen LogP contribution in [0.25, 0.3) is 22.1 Å². The van der Waals surface area contributed by atoms with Gasteiger partial charge in [-0.25, -0.2) is 0 Å². The van der Waals surface area contributed by atoms with E-state index in [1.165, 1.54) is 31.7 Å². The van der Waals surface area contributed by atoms with Crippen molar-refractivity contribution < 1.29 is 27.1 Å². The minimum absolute atomic E-state index is 0.0424. The van der Waals surface area contributed by atoms with Crippen LogP contribution in [0.15, 0.2) is 45.6 Å². The topological polar surface area (TPSA) is 51.9 Å². The molecule has 2 aromatic carbocycles. The van der Waals surface area contributed by atoms with E-state index >= 15 is 0 Å². The highest BCUT2D eigenvalue weighted by atomic mass is 19.4. The van der Waals surface area contributed by atoms with Crippen molar-refractivity contribution in [3.63, 3.8) is 0 Å². The molecule has 2 aliphatic rings. The monoisotopic (exact) mass is 459 g/mol. The van der Waals surface area contributed by atoms with E-state index in [9.17, 15) is 18.0 Å². The van der Waals surface area contributed by atoms with Gasteiger partial charge < -0.3 is 13.9 Å². The lowest BCUT2D eigenvalue weighted by molar-refractivity contribution is -0.152. The molecular formula is C25H24F3NO4. The van der Waals surface area contributed by atoms with Gasteiger partial charge in [-0.2, -0.15) is 13.2 Å². The minimum Gasteiger partial charge on any atom is -0.496 e. The highest BCUT2D eigenvalue weighted by Crippen LogP contribution is 2.42. The molecule has 0 amide bonds. The van der Waals surface area contributed by atoms with E-state index in [0.29, 0.717) is 30.6 Å². The quantitative estimate of drug-likeness (QED) is 0.483. The number of fused-ring (bicyclic) bond motifs is 3. The van der Waals surface area contributed by atoms with Gasteiger partial charge in [-0.1, -0.05) is 37.5 Å². The maximum Gasteiger partial charge on any atom is 0.450 e. The summed E-state index contributed by atoms with van der Waals surface area (Å²) in [6, 6.07) is 9.57. The fraction of sp³-hybridized carbons (Fsp3) is 0.400. The molecule has 2 heterocycles. The third-order valence-corrected chi connectivity index (χ3v) is 6.59. The van der Waals surface area contributed by atoms with Gasteiger partial charge in [-0.3, -0.25) is 9.69 Å². The van der Waals surface area contributed by atoms with Crippen LogP contribution in [0.1, 0.15) is 43.4 Å². The predicted molar refractivity (Wildman–Crippen MR) is 117 cm³/mol. The lowest BCUT2D eigenvalue weighted by Crippen LogP contribution is -2.41. The molecule has 1 aromatic heterocycles. The normalized spacial score (nSPS) is 17.6. The molecule has 5 rings (SSSR count). The Bertz CT molecular complexity index is 1240. The molecule has 0 radical (unpaired) electrons. The molecular weight excluding hydrogens is 435 g/mol. The number of hydrogen-bond acceptors (Lipinski definition) is 5. The number of halogens is 3. The Morgan fingerprint density at radius 1 is 1.06 bits per heavy atom. The SMILES string of the molecule is COc1ccccc1-c1c(C(F)(F)F)oc2c3c(ccc2c1=O)OCN(C1CCCCC1)C3. The van der Waals surface area contributed by atoms with Crippen molar-refractivity contribution >= 4 is 11.0 Å². The largest absolute Gasteiger partial charge is 0.496 e. The molecule has 1 saturated carbocycles. The first-order valence-electron chi connectivity index (χ1n) is 11.1. The molecule has 5 nitrogen and oxygen atoms in total. The number of nitrogens with zero attached hydrogens (tertiary/aromatic N) is 1. The molecule has 0 bridgehead atoms. The minimum atomic E-state index is -4.87. The smallest absolute Gasteiger partial charge is 0.450 e. The first-order chi connectivity index (χ1) is 15.9. The maximum atomic E-state index is 14.2. The van der Waals surface area contributed by atoms with E-state index in [0.717, 1.165) is 25.7 Å². The first kappa shape index (κ1) is 21.8. The average Bonchev–Trinajstić information content (AvgIpc) is 2.83. The lowest BCUT2D eigenvalue weighted by atomic mass is 9.93. The summed E-state index contributed by atoms with van der Waals surface area (Å²) in [4.78, 5) is 15.6. The molecule has 0 N–H and O–H groups in total. The number of alkyl halides is 3. The third kappa shape index (κ3) is 3.86. The third-order valence-electron chi connectivity index (χ3n) is 6.59. The summed E-state index contributed by atoms with van der Waals surface area (Å²) >= 11 is 0. The van der Waals surface area contributed by atoms with Gasteiger partial charge in [0.05, 0.1) is 23.6 Å². The zero-order chi connectivity index (χ0) is 23.2. The number of para-hydroxylation sites is 1. The van der Waals surface area contributed by atoms with Gasteiger partial charge in [0, 0.05) is 18.2 Å². The van der Waals surface area contributed by atoms with Crippen molar-refractivity contribution in [2.24, 2.45) is 0 Å². The Hall–Kier alpha value is -3.00. The van der Waals surface area contributed by atoms with E-state index in [1.54, 1.807) is 18.2 Å². The van der Waals surface area contributed by atoms with E-state index < -0.39 is 22.9 Å². The molecule has 1 aliphatic carbocycles. The summed E-state index contributed by atoms with van der Waals surface area (Å²) in [5, 5.41) is 0.0942. The second kappa shape index (κ2) is 8.41. The predicted octanol–water partition coefficient (Wildman–Crippen LogP) is 5.97. The van der Waals surface area contributed by atoms with Crippen molar-refractivity contribution in [3.05, 3.63) is 57.9 Å². The van der Waals surface area contributed by atoms with Gasteiger partial charge in [0.15, 0.2) is 0 Å². The molecule has 1 fully saturated rings. The highest BCUT2D eigenvalue weighted by molar-refractivity contribution is 5.88. The van der Waals surface area contributed by atoms with Crippen molar-refractivity contribution in [2.75, 3.05) is 13.8 Å². The van der Waals surface area contributed by atoms with Gasteiger partial charge in [0.2, 0.25) is 11.2 Å². The zero-order valence-corrected chi connectivity index (χ0v) is 18.2. The average molecular weight is 459 g/mol. The van der Waals surface area contributed by atoms with Crippen LogP contribution in [0.2, 0.25) is 0 Å². The molecule has 3 aromatic rings. The van der Waals surface area contributed by atoms with Crippen molar-refractivity contribution in [3.8, 4) is 22.6 Å². The maximum absolute atomic E-state index is 14.2. The molecule has 1 aliphatic heterocycles. The van der Waals surface area contributed by atoms with Crippen LogP contribution in [0.4, 0.5) is 13.2 Å². The highest BCUT2D eigenvalue weighted by Gasteiger charge is 2.41. The number of ether oxygens (including phenoxy) is 2. The number of methoxy groups -OCH3 is 1. The molecule has 8 heteroatoms. The van der Waals surface area contributed by atoms with E-state index in [4.69, 9.17) is 13.9 Å². The number of benzene rings is 2. The van der Waals surface area contributed by atoms with Gasteiger partial charge >= 0.3 is 6.18 Å². The van der Waals surface area contributed by atoms with Crippen molar-refractivity contribution in [1.82, 2.24) is 4.90 Å². The Balaban J connectivity index is 1.71. The summed E-state index contributed by atoms with van der Waals surface area (Å²) in [7, 11) is 1.35. The van der Waals surface area contributed by atoms with Crippen LogP contribution in [-0.2, 0) is 12.7 Å². The van der Waals surface area contributed by atoms with Gasteiger partial charge in [-0.05, 0) is 31.0 Å². The van der Waals surface area contributed by atoms with Crippen LogP contribution in [-0.4, -0.2) is 24.8 Å². The van der Waals surface area contributed by atoms with Gasteiger partial charge in [-0.15, -0.1) is 0 Å². The van der Waals surface area contributed by atoms with Crippen LogP contribution < -0.4 is 14.9 Å². The van der Waals surface area contributed by atoms with Crippen molar-refractivity contribution in [2.45, 2.75) is 50.9 Å². The Morgan fingerprint density at radius 2 is 1.82 bits per heavy atom. The van der Waals surface area contributed by atoms with Crippen LogP contribution in [0.5, 0.6) is 11.5 Å². The lowest BCUT2D eigenvalue weighted by Gasteiger charge is -2.37. The van der Waals surface area contributed by atoms with E-state index in [2.05, 4.69) is 4.90 Å². The number of rotatable bonds is 3. The Morgan fingerprint density at radius 3 is 2.55 bits per heavy atom. The summed E-state index contributed by atoms with van der Waals surface area (Å²) < 4.78 is 59.1. The summed E-state index contributed by atoms with van der Waals surface area (Å²) in [5.74, 6) is -0.706. The van der Waals surface area contributed by atoms with Crippen LogP contribution in [0, 0.1) is 0 Å². The summed E-state index contributed by atoms with van der Waals surface area (Å²) in [6.07, 6.45) is 0.627. The van der Waals surface area contributed by atoms with E-state index in [1.807, 2.05) is 0 Å². The molecule has 0 atom stereocenters. The first-order valence-corrected chi connectivity index (χ1v) is 11.1.